The Balaban J connectivity index is 1.36. The molecule has 3 aromatic rings. The molecule has 0 saturated heterocycles. The Hall–Kier alpha value is -2.95. The van der Waals surface area contributed by atoms with Gasteiger partial charge in [-0.3, -0.25) is 0 Å². The molecule has 2 aromatic carbocycles. The molecule has 1 aromatic heterocycles. The molecule has 1 aliphatic heterocycles. The molecular weight excluding hydrogens is 400 g/mol. The van der Waals surface area contributed by atoms with Crippen molar-refractivity contribution in [3.05, 3.63) is 64.8 Å². The zero-order chi connectivity index (χ0) is 22.3. The van der Waals surface area contributed by atoms with E-state index in [4.69, 9.17) is 4.74 Å². The van der Waals surface area contributed by atoms with E-state index < -0.39 is 6.09 Å². The van der Waals surface area contributed by atoms with Crippen LogP contribution in [-0.4, -0.2) is 40.4 Å². The topological polar surface area (TPSA) is 54.7 Å². The largest absolute Gasteiger partial charge is 0.491 e. The number of nitrogens with zero attached hydrogens (tertiary/aromatic N) is 2. The third kappa shape index (κ3) is 3.74. The van der Waals surface area contributed by atoms with Crippen LogP contribution in [-0.2, 0) is 31.2 Å². The quantitative estimate of drug-likeness (QED) is 0.599. The van der Waals surface area contributed by atoms with Crippen LogP contribution in [0.2, 0.25) is 0 Å². The third-order valence-corrected chi connectivity index (χ3v) is 7.37. The maximum absolute atomic E-state index is 11.5. The number of aromatic nitrogens is 1. The molecule has 0 unspecified atom stereocenters. The predicted octanol–water partition coefficient (Wildman–Crippen LogP) is 5.41. The summed E-state index contributed by atoms with van der Waals surface area (Å²) in [5.74, 6) is 1.03. The average molecular weight is 433 g/mol. The molecule has 2 heterocycles. The van der Waals surface area contributed by atoms with Gasteiger partial charge in [0, 0.05) is 19.3 Å². The van der Waals surface area contributed by atoms with E-state index in [1.54, 1.807) is 0 Å². The molecule has 1 N–H and O–H groups in total. The summed E-state index contributed by atoms with van der Waals surface area (Å²) in [7, 11) is 0. The summed E-state index contributed by atoms with van der Waals surface area (Å²) >= 11 is 0. The smallest absolute Gasteiger partial charge is 0.407 e. The minimum Gasteiger partial charge on any atom is -0.491 e. The Morgan fingerprint density at radius 3 is 2.75 bits per heavy atom. The molecular formula is C27H32N2O3. The highest BCUT2D eigenvalue weighted by Crippen LogP contribution is 2.40. The molecule has 5 rings (SSSR count). The first kappa shape index (κ1) is 20.9. The molecule has 32 heavy (non-hydrogen) atoms. The van der Waals surface area contributed by atoms with Gasteiger partial charge in [-0.25, -0.2) is 4.79 Å². The number of carboxylic acid groups (broad SMARTS) is 1. The van der Waals surface area contributed by atoms with Crippen LogP contribution in [0, 0.1) is 0 Å². The van der Waals surface area contributed by atoms with Crippen LogP contribution < -0.4 is 4.74 Å². The van der Waals surface area contributed by atoms with Crippen molar-refractivity contribution in [3.63, 3.8) is 0 Å². The summed E-state index contributed by atoms with van der Waals surface area (Å²) < 4.78 is 8.61. The fourth-order valence-corrected chi connectivity index (χ4v) is 5.61. The van der Waals surface area contributed by atoms with E-state index in [1.807, 2.05) is 0 Å². The Kier molecular flexibility index (Phi) is 5.36. The molecule has 5 heteroatoms. The Labute approximate surface area is 189 Å². The zero-order valence-corrected chi connectivity index (χ0v) is 19.1. The highest BCUT2D eigenvalue weighted by atomic mass is 16.5. The Morgan fingerprint density at radius 2 is 1.91 bits per heavy atom. The van der Waals surface area contributed by atoms with Gasteiger partial charge in [-0.05, 0) is 77.3 Å². The van der Waals surface area contributed by atoms with Gasteiger partial charge >= 0.3 is 6.09 Å². The fraction of sp³-hybridized carbons (Fsp3) is 0.444. The molecule has 1 aliphatic carbocycles. The van der Waals surface area contributed by atoms with Gasteiger partial charge in [0.15, 0.2) is 0 Å². The van der Waals surface area contributed by atoms with E-state index in [2.05, 4.69) is 61.0 Å². The van der Waals surface area contributed by atoms with Gasteiger partial charge in [0.25, 0.3) is 0 Å². The van der Waals surface area contributed by atoms with Gasteiger partial charge in [0.2, 0.25) is 0 Å². The van der Waals surface area contributed by atoms with Crippen molar-refractivity contribution in [2.75, 3.05) is 19.7 Å². The molecule has 0 spiro atoms. The minimum atomic E-state index is -0.827. The lowest BCUT2D eigenvalue weighted by atomic mass is 9.72. The number of hydrogen-bond acceptors (Lipinski definition) is 2. The molecule has 0 bridgehead atoms. The third-order valence-electron chi connectivity index (χ3n) is 7.37. The highest BCUT2D eigenvalue weighted by Gasteiger charge is 2.29. The lowest BCUT2D eigenvalue weighted by Gasteiger charge is -2.33. The lowest BCUT2D eigenvalue weighted by molar-refractivity contribution is 0.147. The number of rotatable bonds is 4. The second-order valence-corrected chi connectivity index (χ2v) is 9.79. The van der Waals surface area contributed by atoms with Crippen LogP contribution in [0.5, 0.6) is 5.75 Å². The average Bonchev–Trinajstić information content (AvgIpc) is 3.04. The Bertz CT molecular complexity index is 1160. The zero-order valence-electron chi connectivity index (χ0n) is 19.1. The highest BCUT2D eigenvalue weighted by molar-refractivity contribution is 5.85. The van der Waals surface area contributed by atoms with Crippen molar-refractivity contribution in [3.8, 4) is 5.75 Å². The van der Waals surface area contributed by atoms with Crippen LogP contribution in [0.1, 0.15) is 48.9 Å². The van der Waals surface area contributed by atoms with E-state index >= 15 is 0 Å². The Morgan fingerprint density at radius 1 is 1.06 bits per heavy atom. The summed E-state index contributed by atoms with van der Waals surface area (Å²) in [6.45, 7) is 7.17. The number of ether oxygens (including phenoxy) is 1. The molecule has 0 fully saturated rings. The monoisotopic (exact) mass is 432 g/mol. The number of fused-ring (bicyclic) bond motifs is 4. The van der Waals surface area contributed by atoms with Crippen LogP contribution in [0.25, 0.3) is 10.9 Å². The number of benzene rings is 2. The van der Waals surface area contributed by atoms with E-state index in [0.29, 0.717) is 19.7 Å². The lowest BCUT2D eigenvalue weighted by Crippen LogP contribution is -2.31. The van der Waals surface area contributed by atoms with Gasteiger partial charge in [-0.15, -0.1) is 0 Å². The number of hydrogen-bond donors (Lipinski definition) is 1. The molecule has 0 saturated carbocycles. The molecule has 0 atom stereocenters. The predicted molar refractivity (Wildman–Crippen MR) is 127 cm³/mol. The normalized spacial score (nSPS) is 17.5. The van der Waals surface area contributed by atoms with E-state index in [1.165, 1.54) is 50.9 Å². The first-order chi connectivity index (χ1) is 15.4. The first-order valence-electron chi connectivity index (χ1n) is 11.8. The van der Waals surface area contributed by atoms with Crippen molar-refractivity contribution in [1.29, 1.82) is 0 Å². The van der Waals surface area contributed by atoms with Gasteiger partial charge in [0.05, 0.1) is 12.1 Å². The van der Waals surface area contributed by atoms with E-state index in [0.717, 1.165) is 31.6 Å². The SMILES string of the molecule is CC1(C)CCCc2c(OCCn3ccc4ccc5c(c43)CCN(C(=O)O)CC5)cccc21. The van der Waals surface area contributed by atoms with Crippen LogP contribution in [0.4, 0.5) is 4.79 Å². The molecule has 0 radical (unpaired) electrons. The van der Waals surface area contributed by atoms with Crippen LogP contribution >= 0.6 is 0 Å². The summed E-state index contributed by atoms with van der Waals surface area (Å²) in [6.07, 6.45) is 6.36. The molecule has 168 valence electrons. The van der Waals surface area contributed by atoms with Gasteiger partial charge in [-0.1, -0.05) is 38.1 Å². The minimum absolute atomic E-state index is 0.213. The maximum atomic E-state index is 11.5. The number of amides is 1. The maximum Gasteiger partial charge on any atom is 0.407 e. The summed E-state index contributed by atoms with van der Waals surface area (Å²) in [5.41, 5.74) is 6.81. The van der Waals surface area contributed by atoms with E-state index in [9.17, 15) is 9.90 Å². The van der Waals surface area contributed by atoms with Crippen LogP contribution in [0.15, 0.2) is 42.6 Å². The summed E-state index contributed by atoms with van der Waals surface area (Å²) in [6, 6.07) is 13.0. The first-order valence-corrected chi connectivity index (χ1v) is 11.8. The molecule has 5 nitrogen and oxygen atoms in total. The van der Waals surface area contributed by atoms with Crippen molar-refractivity contribution in [2.45, 2.75) is 57.9 Å². The van der Waals surface area contributed by atoms with Crippen LogP contribution in [0.3, 0.4) is 0 Å². The van der Waals surface area contributed by atoms with Gasteiger partial charge < -0.3 is 19.3 Å². The standard InChI is InChI=1S/C27H32N2O3/c1-27(2)13-4-5-22-23(27)6-3-7-24(22)32-18-17-28-14-11-20-9-8-19-10-15-29(26(30)31)16-12-21(19)25(20)28/h3,6-9,11,14H,4-5,10,12-13,15-18H2,1-2H3,(H,30,31). The molecule has 1 amide bonds. The van der Waals surface area contributed by atoms with Gasteiger partial charge in [-0.2, -0.15) is 0 Å². The fourth-order valence-electron chi connectivity index (χ4n) is 5.61. The number of carbonyl (C=O) groups is 1. The second kappa shape index (κ2) is 8.19. The summed E-state index contributed by atoms with van der Waals surface area (Å²) in [5, 5.41) is 10.6. The van der Waals surface area contributed by atoms with E-state index in [-0.39, 0.29) is 5.41 Å². The molecule has 2 aliphatic rings. The van der Waals surface area contributed by atoms with Crippen molar-refractivity contribution < 1.29 is 14.6 Å². The second-order valence-electron chi connectivity index (χ2n) is 9.79. The van der Waals surface area contributed by atoms with Crippen molar-refractivity contribution in [1.82, 2.24) is 9.47 Å². The summed E-state index contributed by atoms with van der Waals surface area (Å²) in [4.78, 5) is 13.0. The van der Waals surface area contributed by atoms with Crippen molar-refractivity contribution >= 4 is 17.0 Å². The van der Waals surface area contributed by atoms with Crippen molar-refractivity contribution in [2.24, 2.45) is 0 Å². The van der Waals surface area contributed by atoms with Gasteiger partial charge in [0.1, 0.15) is 12.4 Å².